The quantitative estimate of drug-likeness (QED) is 0.465. The molecule has 5 rings (SSSR count). The first-order valence-corrected chi connectivity index (χ1v) is 12.3. The Labute approximate surface area is 227 Å². The van der Waals surface area contributed by atoms with Crippen molar-refractivity contribution in [3.8, 4) is 5.75 Å². The van der Waals surface area contributed by atoms with Crippen molar-refractivity contribution < 1.29 is 32.0 Å². The highest BCUT2D eigenvalue weighted by Crippen LogP contribution is 2.34. The van der Waals surface area contributed by atoms with Crippen LogP contribution in [-0.4, -0.2) is 47.0 Å². The molecule has 0 saturated heterocycles. The van der Waals surface area contributed by atoms with Gasteiger partial charge in [0.1, 0.15) is 23.8 Å². The van der Waals surface area contributed by atoms with Crippen molar-refractivity contribution in [3.63, 3.8) is 0 Å². The van der Waals surface area contributed by atoms with Gasteiger partial charge in [0.2, 0.25) is 5.43 Å². The molecule has 3 heterocycles. The Morgan fingerprint density at radius 2 is 1.95 bits per heavy atom. The van der Waals surface area contributed by atoms with Crippen LogP contribution in [0.15, 0.2) is 71.7 Å². The van der Waals surface area contributed by atoms with E-state index in [0.717, 1.165) is 6.07 Å². The lowest BCUT2D eigenvalue weighted by Crippen LogP contribution is -2.49. The van der Waals surface area contributed by atoms with E-state index in [1.54, 1.807) is 49.4 Å². The van der Waals surface area contributed by atoms with Crippen molar-refractivity contribution in [2.24, 2.45) is 0 Å². The number of hydrogen-bond acceptors (Lipinski definition) is 5. The number of fused-ring (bicyclic) bond motifs is 4. The van der Waals surface area contributed by atoms with Crippen LogP contribution in [0.5, 0.6) is 5.75 Å². The second kappa shape index (κ2) is 10.8. The predicted molar refractivity (Wildman–Crippen MR) is 138 cm³/mol. The number of rotatable bonds is 7. The Bertz CT molecular complexity index is 1610. The molecule has 2 aliphatic heterocycles. The van der Waals surface area contributed by atoms with E-state index >= 15 is 0 Å². The Morgan fingerprint density at radius 3 is 2.69 bits per heavy atom. The van der Waals surface area contributed by atoms with Crippen LogP contribution in [-0.2, 0) is 17.9 Å². The van der Waals surface area contributed by atoms with Gasteiger partial charge in [0.15, 0.2) is 11.4 Å². The zero-order chi connectivity index (χ0) is 30.2. The maximum absolute atomic E-state index is 14.2. The van der Waals surface area contributed by atoms with E-state index in [1.165, 1.54) is 21.7 Å². The van der Waals surface area contributed by atoms with Gasteiger partial charge in [-0.15, -0.1) is 0 Å². The Morgan fingerprint density at radius 1 is 1.15 bits per heavy atom. The second-order valence-electron chi connectivity index (χ2n) is 9.38. The highest BCUT2D eigenvalue weighted by atomic mass is 19.1. The molecule has 0 spiro atoms. The number of benzene rings is 2. The Kier molecular flexibility index (Phi) is 6.28. The summed E-state index contributed by atoms with van der Waals surface area (Å²) in [6, 6.07) is 10.5. The van der Waals surface area contributed by atoms with Crippen LogP contribution in [0.25, 0.3) is 0 Å². The first-order chi connectivity index (χ1) is 19.9. The molecule has 39 heavy (non-hydrogen) atoms. The topological polar surface area (TPSA) is 89.9 Å². The van der Waals surface area contributed by atoms with Crippen molar-refractivity contribution in [3.05, 3.63) is 111 Å². The van der Waals surface area contributed by atoms with Crippen molar-refractivity contribution in [2.75, 3.05) is 13.6 Å². The average molecular weight is 539 g/mol. The van der Waals surface area contributed by atoms with Gasteiger partial charge in [0.05, 0.1) is 16.3 Å². The zero-order valence-corrected chi connectivity index (χ0v) is 20.9. The number of aromatic nitrogens is 1. The van der Waals surface area contributed by atoms with Crippen LogP contribution in [0.4, 0.5) is 8.78 Å². The summed E-state index contributed by atoms with van der Waals surface area (Å²) in [6.07, 6.45) is 3.31. The molecule has 0 saturated carbocycles. The minimum absolute atomic E-state index is 0.0109. The lowest BCUT2D eigenvalue weighted by molar-refractivity contribution is 0.0431. The van der Waals surface area contributed by atoms with Gasteiger partial charge in [-0.3, -0.25) is 14.4 Å². The molecule has 3 atom stereocenters. The Balaban J connectivity index is 1.60. The third-order valence-corrected chi connectivity index (χ3v) is 6.91. The highest BCUT2D eigenvalue weighted by Gasteiger charge is 2.41. The smallest absolute Gasteiger partial charge is 0.275 e. The van der Waals surface area contributed by atoms with Crippen LogP contribution in [0.3, 0.4) is 0 Å². The van der Waals surface area contributed by atoms with Crippen LogP contribution in [0, 0.1) is 11.6 Å². The molecule has 3 aromatic rings. The molecule has 0 aliphatic carbocycles. The number of carbonyl (C=O) groups is 2. The minimum atomic E-state index is -2.78. The molecule has 2 bridgehead atoms. The molecule has 202 valence electrons. The van der Waals surface area contributed by atoms with E-state index in [2.05, 4.69) is 5.32 Å². The molecule has 8 nitrogen and oxygen atoms in total. The van der Waals surface area contributed by atoms with Crippen molar-refractivity contribution in [1.29, 1.82) is 0 Å². The summed E-state index contributed by atoms with van der Waals surface area (Å²) in [5, 5.41) is 2.46. The van der Waals surface area contributed by atoms with E-state index in [0.29, 0.717) is 11.6 Å². The van der Waals surface area contributed by atoms with Gasteiger partial charge >= 0.3 is 0 Å². The van der Waals surface area contributed by atoms with E-state index in [4.69, 9.17) is 13.6 Å². The molecule has 1 aromatic heterocycles. The summed E-state index contributed by atoms with van der Waals surface area (Å²) < 4.78 is 63.1. The molecule has 0 unspecified atom stereocenters. The molecule has 10 heteroatoms. The number of carbonyl (C=O) groups excluding carboxylic acids is 2. The SMILES string of the molecule is [2H]C([2H])([2H])O[C@H]1C=C[C@H](C)N2C[C@H]1n1cc(C(=O)NCc3ccc(F)cc3F)c(=O)c(OCc3ccccc3)c1C2=O. The summed E-state index contributed by atoms with van der Waals surface area (Å²) in [6.45, 7) is 1.32. The fraction of sp³-hybridized carbons (Fsp3) is 0.276. The molecule has 2 aliphatic rings. The maximum atomic E-state index is 14.2. The summed E-state index contributed by atoms with van der Waals surface area (Å²) in [7, 11) is -2.78. The van der Waals surface area contributed by atoms with Gasteiger partial charge in [-0.05, 0) is 18.6 Å². The van der Waals surface area contributed by atoms with Gasteiger partial charge in [0.25, 0.3) is 11.8 Å². The monoisotopic (exact) mass is 538 g/mol. The molecule has 0 fully saturated rings. The number of amides is 2. The van der Waals surface area contributed by atoms with Gasteiger partial charge in [-0.1, -0.05) is 48.6 Å². The normalized spacial score (nSPS) is 21.3. The molecular weight excluding hydrogens is 508 g/mol. The first kappa shape index (κ1) is 22.7. The van der Waals surface area contributed by atoms with Crippen LogP contribution in [0.2, 0.25) is 0 Å². The number of nitrogens with zero attached hydrogens (tertiary/aromatic N) is 2. The number of halogens is 2. The fourth-order valence-electron chi connectivity index (χ4n) is 4.78. The summed E-state index contributed by atoms with van der Waals surface area (Å²) in [5.41, 5.74) is -0.765. The summed E-state index contributed by atoms with van der Waals surface area (Å²) >= 11 is 0. The van der Waals surface area contributed by atoms with Crippen LogP contribution >= 0.6 is 0 Å². The van der Waals surface area contributed by atoms with E-state index in [1.807, 2.05) is 0 Å². The van der Waals surface area contributed by atoms with Crippen LogP contribution in [0.1, 0.15) is 49.1 Å². The molecular formula is C29H27F2N3O5. The number of nitrogens with one attached hydrogen (secondary N) is 1. The molecule has 2 aromatic carbocycles. The van der Waals surface area contributed by atoms with E-state index < -0.39 is 59.7 Å². The highest BCUT2D eigenvalue weighted by molar-refractivity contribution is 5.99. The Hall–Kier alpha value is -4.31. The first-order valence-electron chi connectivity index (χ1n) is 13.8. The lowest BCUT2D eigenvalue weighted by atomic mass is 10.0. The van der Waals surface area contributed by atoms with Crippen molar-refractivity contribution in [1.82, 2.24) is 14.8 Å². The molecule has 0 radical (unpaired) electrons. The number of pyridine rings is 1. The van der Waals surface area contributed by atoms with Gasteiger partial charge < -0.3 is 24.3 Å². The standard InChI is InChI=1S/C29H27F2N3O5/c1-17-8-11-24(38-2)23-15-33(17)29(37)25-27(39-16-18-6-4-3-5-7-18)26(35)21(14-34(23)25)28(36)32-13-19-9-10-20(30)12-22(19)31/h3-12,14,17,23-24H,13,15-16H2,1-2H3,(H,32,36)/t17-,23+,24-/m0/s1/i2D3. The maximum Gasteiger partial charge on any atom is 0.275 e. The third-order valence-electron chi connectivity index (χ3n) is 6.91. The third kappa shape index (κ3) is 5.07. The predicted octanol–water partition coefficient (Wildman–Crippen LogP) is 3.61. The average Bonchev–Trinajstić information content (AvgIpc) is 3.07. The van der Waals surface area contributed by atoms with Gasteiger partial charge in [0, 0.05) is 44.0 Å². The van der Waals surface area contributed by atoms with Crippen molar-refractivity contribution in [2.45, 2.75) is 38.3 Å². The number of hydrogen-bond donors (Lipinski definition) is 1. The summed E-state index contributed by atoms with van der Waals surface area (Å²) in [5.74, 6) is -3.49. The molecule has 1 N–H and O–H groups in total. The van der Waals surface area contributed by atoms with Crippen molar-refractivity contribution >= 4 is 11.8 Å². The molecule has 2 amide bonds. The zero-order valence-electron chi connectivity index (χ0n) is 23.9. The number of ether oxygens (including phenoxy) is 2. The lowest BCUT2D eigenvalue weighted by Gasteiger charge is -2.39. The van der Waals surface area contributed by atoms with Crippen LogP contribution < -0.4 is 15.5 Å². The second-order valence-corrected chi connectivity index (χ2v) is 9.38. The van der Waals surface area contributed by atoms with Gasteiger partial charge in [-0.2, -0.15) is 0 Å². The van der Waals surface area contributed by atoms with E-state index in [9.17, 15) is 23.2 Å². The largest absolute Gasteiger partial charge is 0.483 e. The fourth-order valence-corrected chi connectivity index (χ4v) is 4.78. The minimum Gasteiger partial charge on any atom is -0.483 e. The van der Waals surface area contributed by atoms with E-state index in [-0.39, 0.29) is 36.7 Å². The summed E-state index contributed by atoms with van der Waals surface area (Å²) in [4.78, 5) is 42.3. The number of methoxy groups -OCH3 is 1. The van der Waals surface area contributed by atoms with Gasteiger partial charge in [-0.25, -0.2) is 8.78 Å².